The number of rotatable bonds is 6. The first-order valence-electron chi connectivity index (χ1n) is 10.3. The molecule has 0 atom stereocenters. The van der Waals surface area contributed by atoms with Gasteiger partial charge in [0.05, 0.1) is 6.10 Å². The number of ether oxygens (including phenoxy) is 1. The van der Waals surface area contributed by atoms with Crippen molar-refractivity contribution in [1.82, 2.24) is 14.8 Å². The van der Waals surface area contributed by atoms with Gasteiger partial charge in [0.15, 0.2) is 0 Å². The fourth-order valence-corrected chi connectivity index (χ4v) is 3.52. The summed E-state index contributed by atoms with van der Waals surface area (Å²) in [5, 5.41) is 0. The molecule has 0 N–H and O–H groups in total. The lowest BCUT2D eigenvalue weighted by molar-refractivity contribution is 0.0378. The number of amides is 1. The Hall–Kier alpha value is -2.64. The number of hydrogen-bond acceptors (Lipinski definition) is 6. The Balaban J connectivity index is 0.00000341. The van der Waals surface area contributed by atoms with Gasteiger partial charge >= 0.3 is 5.97 Å². The predicted molar refractivity (Wildman–Crippen MR) is 124 cm³/mol. The largest absolute Gasteiger partial charge is 0.459 e. The second-order valence-electron chi connectivity index (χ2n) is 7.99. The molecule has 0 aliphatic carbocycles. The normalized spacial score (nSPS) is 14.2. The van der Waals surface area contributed by atoms with Crippen molar-refractivity contribution in [3.05, 3.63) is 59.3 Å². The second kappa shape index (κ2) is 11.1. The van der Waals surface area contributed by atoms with Gasteiger partial charge in [-0.15, -0.1) is 12.4 Å². The SMILES string of the molecule is CC(C)OC(=O)c1cccnc1N1CCN(Cc2cccc(C(=O)N(C)C)c2)CC1.Cl. The minimum atomic E-state index is -0.335. The van der Waals surface area contributed by atoms with Gasteiger partial charge in [-0.25, -0.2) is 9.78 Å². The number of hydrogen-bond donors (Lipinski definition) is 0. The molecule has 0 radical (unpaired) electrons. The van der Waals surface area contributed by atoms with Gasteiger partial charge in [-0.1, -0.05) is 12.1 Å². The van der Waals surface area contributed by atoms with Crippen LogP contribution in [-0.2, 0) is 11.3 Å². The number of aromatic nitrogens is 1. The van der Waals surface area contributed by atoms with Gasteiger partial charge in [-0.2, -0.15) is 0 Å². The van der Waals surface area contributed by atoms with E-state index in [1.165, 1.54) is 0 Å². The Bertz CT molecular complexity index is 896. The lowest BCUT2D eigenvalue weighted by Crippen LogP contribution is -2.46. The van der Waals surface area contributed by atoms with E-state index in [1.807, 2.05) is 32.0 Å². The molecule has 7 nitrogen and oxygen atoms in total. The molecular weight excluding hydrogens is 416 g/mol. The van der Waals surface area contributed by atoms with Crippen LogP contribution in [0.2, 0.25) is 0 Å². The fraction of sp³-hybridized carbons (Fsp3) is 0.435. The molecule has 168 valence electrons. The summed E-state index contributed by atoms with van der Waals surface area (Å²) in [6.07, 6.45) is 1.54. The van der Waals surface area contributed by atoms with E-state index in [1.54, 1.807) is 37.3 Å². The molecule has 0 saturated carbocycles. The summed E-state index contributed by atoms with van der Waals surface area (Å²) in [4.78, 5) is 35.2. The van der Waals surface area contributed by atoms with Gasteiger partial charge in [0.25, 0.3) is 5.91 Å². The Morgan fingerprint density at radius 1 is 1.10 bits per heavy atom. The van der Waals surface area contributed by atoms with Crippen molar-refractivity contribution in [1.29, 1.82) is 0 Å². The predicted octanol–water partition coefficient (Wildman–Crippen LogP) is 3.09. The Morgan fingerprint density at radius 3 is 2.45 bits per heavy atom. The van der Waals surface area contributed by atoms with Crippen molar-refractivity contribution in [2.24, 2.45) is 0 Å². The van der Waals surface area contributed by atoms with Crippen molar-refractivity contribution in [3.63, 3.8) is 0 Å². The standard InChI is InChI=1S/C23H30N4O3.ClH/c1-17(2)30-23(29)20-9-6-10-24-21(20)27-13-11-26(12-14-27)16-18-7-5-8-19(15-18)22(28)25(3)4;/h5-10,15,17H,11-14,16H2,1-4H3;1H. The summed E-state index contributed by atoms with van der Waals surface area (Å²) in [7, 11) is 3.52. The Labute approximate surface area is 190 Å². The number of esters is 1. The Kier molecular flexibility index (Phi) is 8.83. The van der Waals surface area contributed by atoms with Crippen LogP contribution in [0.1, 0.15) is 40.1 Å². The van der Waals surface area contributed by atoms with E-state index in [0.717, 1.165) is 38.3 Å². The van der Waals surface area contributed by atoms with Crippen LogP contribution in [0.25, 0.3) is 0 Å². The maximum atomic E-state index is 12.4. The zero-order valence-electron chi connectivity index (χ0n) is 18.6. The Morgan fingerprint density at radius 2 is 1.81 bits per heavy atom. The number of carbonyl (C=O) groups excluding carboxylic acids is 2. The number of benzene rings is 1. The third-order valence-corrected chi connectivity index (χ3v) is 5.01. The molecule has 1 aliphatic heterocycles. The number of nitrogens with zero attached hydrogens (tertiary/aromatic N) is 4. The molecule has 3 rings (SSSR count). The highest BCUT2D eigenvalue weighted by Gasteiger charge is 2.24. The van der Waals surface area contributed by atoms with Crippen molar-refractivity contribution in [2.45, 2.75) is 26.5 Å². The highest BCUT2D eigenvalue weighted by Crippen LogP contribution is 2.21. The van der Waals surface area contributed by atoms with Crippen LogP contribution < -0.4 is 4.90 Å². The van der Waals surface area contributed by atoms with E-state index >= 15 is 0 Å². The number of carbonyl (C=O) groups is 2. The summed E-state index contributed by atoms with van der Waals surface area (Å²) in [6, 6.07) is 11.3. The first-order chi connectivity index (χ1) is 14.3. The van der Waals surface area contributed by atoms with E-state index in [9.17, 15) is 9.59 Å². The van der Waals surface area contributed by atoms with Gasteiger partial charge in [-0.05, 0) is 43.7 Å². The van der Waals surface area contributed by atoms with E-state index in [4.69, 9.17) is 4.74 Å². The van der Waals surface area contributed by atoms with Gasteiger partial charge in [-0.3, -0.25) is 9.69 Å². The lowest BCUT2D eigenvalue weighted by Gasteiger charge is -2.36. The summed E-state index contributed by atoms with van der Waals surface area (Å²) in [5.41, 5.74) is 2.34. The van der Waals surface area contributed by atoms with Crippen LogP contribution in [-0.4, -0.2) is 73.0 Å². The molecule has 2 aromatic rings. The van der Waals surface area contributed by atoms with E-state index in [0.29, 0.717) is 16.9 Å². The smallest absolute Gasteiger partial charge is 0.342 e. The molecule has 0 spiro atoms. The van der Waals surface area contributed by atoms with Gasteiger partial charge in [0.1, 0.15) is 11.4 Å². The molecule has 1 fully saturated rings. The number of halogens is 1. The minimum Gasteiger partial charge on any atom is -0.459 e. The number of anilines is 1. The fourth-order valence-electron chi connectivity index (χ4n) is 3.52. The molecule has 1 aliphatic rings. The average Bonchev–Trinajstić information content (AvgIpc) is 2.73. The van der Waals surface area contributed by atoms with Crippen LogP contribution in [0.5, 0.6) is 0 Å². The summed E-state index contributed by atoms with van der Waals surface area (Å²) >= 11 is 0. The van der Waals surface area contributed by atoms with E-state index in [-0.39, 0.29) is 30.4 Å². The van der Waals surface area contributed by atoms with Gasteiger partial charge < -0.3 is 14.5 Å². The van der Waals surface area contributed by atoms with Crippen LogP contribution in [0, 0.1) is 0 Å². The molecule has 31 heavy (non-hydrogen) atoms. The van der Waals surface area contributed by atoms with Crippen LogP contribution >= 0.6 is 12.4 Å². The third kappa shape index (κ3) is 6.42. The molecule has 0 unspecified atom stereocenters. The zero-order valence-corrected chi connectivity index (χ0v) is 19.4. The van der Waals surface area contributed by atoms with Crippen molar-refractivity contribution < 1.29 is 14.3 Å². The third-order valence-electron chi connectivity index (χ3n) is 5.01. The summed E-state index contributed by atoms with van der Waals surface area (Å²) in [5.74, 6) is 0.358. The van der Waals surface area contributed by atoms with Crippen LogP contribution in [0.15, 0.2) is 42.6 Å². The minimum absolute atomic E-state index is 0. The van der Waals surface area contributed by atoms with Gasteiger partial charge in [0.2, 0.25) is 0 Å². The molecule has 1 amide bonds. The monoisotopic (exact) mass is 446 g/mol. The van der Waals surface area contributed by atoms with Crippen LogP contribution in [0.3, 0.4) is 0 Å². The topological polar surface area (TPSA) is 66.0 Å². The first kappa shape index (κ1) is 24.6. The maximum Gasteiger partial charge on any atom is 0.342 e. The first-order valence-corrected chi connectivity index (χ1v) is 10.3. The van der Waals surface area contributed by atoms with E-state index < -0.39 is 0 Å². The van der Waals surface area contributed by atoms with E-state index in [2.05, 4.69) is 20.9 Å². The molecule has 1 saturated heterocycles. The highest BCUT2D eigenvalue weighted by atomic mass is 35.5. The van der Waals surface area contributed by atoms with Crippen molar-refractivity contribution in [2.75, 3.05) is 45.2 Å². The zero-order chi connectivity index (χ0) is 21.7. The number of piperazine rings is 1. The van der Waals surface area contributed by atoms with Crippen molar-refractivity contribution in [3.8, 4) is 0 Å². The lowest BCUT2D eigenvalue weighted by atomic mass is 10.1. The van der Waals surface area contributed by atoms with Gasteiger partial charge in [0, 0.05) is 58.6 Å². The summed E-state index contributed by atoms with van der Waals surface area (Å²) < 4.78 is 5.37. The van der Waals surface area contributed by atoms with Crippen LogP contribution in [0.4, 0.5) is 5.82 Å². The molecular formula is C23H31ClN4O3. The maximum absolute atomic E-state index is 12.4. The molecule has 2 heterocycles. The van der Waals surface area contributed by atoms with Crippen molar-refractivity contribution >= 4 is 30.1 Å². The average molecular weight is 447 g/mol. The quantitative estimate of drug-likeness (QED) is 0.635. The highest BCUT2D eigenvalue weighted by molar-refractivity contribution is 5.95. The second-order valence-corrected chi connectivity index (χ2v) is 7.99. The molecule has 0 bridgehead atoms. The summed E-state index contributed by atoms with van der Waals surface area (Å²) in [6.45, 7) is 7.71. The molecule has 1 aromatic carbocycles. The molecule has 8 heteroatoms. The molecule has 1 aromatic heterocycles. The number of pyridine rings is 1.